The number of carboxylic acids is 1. The minimum Gasteiger partial charge on any atom is -0.480 e. The van der Waals surface area contributed by atoms with E-state index in [1.54, 1.807) is 11.8 Å². The second-order valence-corrected chi connectivity index (χ2v) is 3.95. The van der Waals surface area contributed by atoms with E-state index < -0.39 is 12.0 Å². The Balaban J connectivity index is 3.11. The normalized spacial score (nSPS) is 12.8. The number of carboxylic acid groups (broad SMARTS) is 1. The maximum Gasteiger partial charge on any atom is 0.321 e. The molecule has 0 heterocycles. The van der Waals surface area contributed by atoms with E-state index in [2.05, 4.69) is 0 Å². The molecule has 0 saturated carbocycles. The molecule has 0 saturated heterocycles. The van der Waals surface area contributed by atoms with Crippen LogP contribution in [0, 0.1) is 0 Å². The van der Waals surface area contributed by atoms with Gasteiger partial charge in [0.15, 0.2) is 0 Å². The summed E-state index contributed by atoms with van der Waals surface area (Å²) in [6.45, 7) is 0.235. The standard InChI is InChI=1S/C8H17NO3S/c9-7(8(11)12)6-13-5-3-1-2-4-10/h7,10H,1-6,9H2,(H,11,12)/t7-/m1/s1. The van der Waals surface area contributed by atoms with Crippen molar-refractivity contribution in [2.75, 3.05) is 18.1 Å². The Hall–Kier alpha value is -0.260. The summed E-state index contributed by atoms with van der Waals surface area (Å²) < 4.78 is 0. The molecule has 4 nitrogen and oxygen atoms in total. The molecular formula is C8H17NO3S. The van der Waals surface area contributed by atoms with E-state index in [0.717, 1.165) is 25.0 Å². The first-order valence-electron chi connectivity index (χ1n) is 4.35. The first-order valence-corrected chi connectivity index (χ1v) is 5.51. The molecule has 0 aliphatic carbocycles. The fourth-order valence-electron chi connectivity index (χ4n) is 0.774. The van der Waals surface area contributed by atoms with E-state index in [-0.39, 0.29) is 6.61 Å². The molecule has 0 bridgehead atoms. The lowest BCUT2D eigenvalue weighted by molar-refractivity contribution is -0.137. The highest BCUT2D eigenvalue weighted by Gasteiger charge is 2.09. The summed E-state index contributed by atoms with van der Waals surface area (Å²) in [6, 6.07) is -0.747. The van der Waals surface area contributed by atoms with Gasteiger partial charge in [0.2, 0.25) is 0 Å². The molecule has 0 radical (unpaired) electrons. The van der Waals surface area contributed by atoms with Gasteiger partial charge in [0.25, 0.3) is 0 Å². The highest BCUT2D eigenvalue weighted by Crippen LogP contribution is 2.07. The largest absolute Gasteiger partial charge is 0.480 e. The van der Waals surface area contributed by atoms with Crippen LogP contribution in [-0.4, -0.2) is 40.3 Å². The van der Waals surface area contributed by atoms with Gasteiger partial charge in [0.1, 0.15) is 6.04 Å². The van der Waals surface area contributed by atoms with Gasteiger partial charge in [-0.15, -0.1) is 0 Å². The number of aliphatic hydroxyl groups excluding tert-OH is 1. The van der Waals surface area contributed by atoms with Crippen LogP contribution in [0.3, 0.4) is 0 Å². The van der Waals surface area contributed by atoms with E-state index >= 15 is 0 Å². The Morgan fingerprint density at radius 1 is 1.38 bits per heavy atom. The Morgan fingerprint density at radius 3 is 2.62 bits per heavy atom. The molecular weight excluding hydrogens is 190 g/mol. The molecule has 13 heavy (non-hydrogen) atoms. The van der Waals surface area contributed by atoms with Crippen LogP contribution < -0.4 is 5.73 Å². The molecule has 0 aliphatic heterocycles. The van der Waals surface area contributed by atoms with Crippen molar-refractivity contribution in [3.63, 3.8) is 0 Å². The van der Waals surface area contributed by atoms with Crippen LogP contribution in [-0.2, 0) is 4.79 Å². The zero-order valence-corrected chi connectivity index (χ0v) is 8.42. The molecule has 0 rings (SSSR count). The monoisotopic (exact) mass is 207 g/mol. The van der Waals surface area contributed by atoms with E-state index in [9.17, 15) is 4.79 Å². The van der Waals surface area contributed by atoms with Crippen LogP contribution in [0.15, 0.2) is 0 Å². The maximum absolute atomic E-state index is 10.3. The average molecular weight is 207 g/mol. The summed E-state index contributed by atoms with van der Waals surface area (Å²) in [5.41, 5.74) is 5.30. The number of aliphatic carboxylic acids is 1. The zero-order chi connectivity index (χ0) is 10.1. The molecule has 0 unspecified atom stereocenters. The summed E-state index contributed by atoms with van der Waals surface area (Å²) >= 11 is 1.55. The Bertz CT molecular complexity index is 143. The molecule has 5 heteroatoms. The highest BCUT2D eigenvalue weighted by molar-refractivity contribution is 7.99. The van der Waals surface area contributed by atoms with E-state index in [0.29, 0.717) is 5.75 Å². The summed E-state index contributed by atoms with van der Waals surface area (Å²) in [5.74, 6) is 0.443. The third-order valence-corrected chi connectivity index (χ3v) is 2.73. The number of nitrogens with two attached hydrogens (primary N) is 1. The van der Waals surface area contributed by atoms with Gasteiger partial charge in [-0.3, -0.25) is 4.79 Å². The highest BCUT2D eigenvalue weighted by atomic mass is 32.2. The van der Waals surface area contributed by atoms with E-state index in [1.807, 2.05) is 0 Å². The first kappa shape index (κ1) is 12.7. The van der Waals surface area contributed by atoms with Gasteiger partial charge < -0.3 is 15.9 Å². The second-order valence-electron chi connectivity index (χ2n) is 2.80. The molecule has 0 fully saturated rings. The van der Waals surface area contributed by atoms with Crippen molar-refractivity contribution >= 4 is 17.7 Å². The summed E-state index contributed by atoms with van der Waals surface area (Å²) in [5, 5.41) is 16.9. The number of aliphatic hydroxyl groups is 1. The van der Waals surface area contributed by atoms with Gasteiger partial charge in [-0.05, 0) is 18.6 Å². The predicted octanol–water partition coefficient (Wildman–Crippen LogP) is 0.294. The minimum absolute atomic E-state index is 0.235. The van der Waals surface area contributed by atoms with Crippen LogP contribution in [0.5, 0.6) is 0 Å². The lowest BCUT2D eigenvalue weighted by Crippen LogP contribution is -2.32. The molecule has 78 valence electrons. The molecule has 4 N–H and O–H groups in total. The third-order valence-electron chi connectivity index (χ3n) is 1.56. The average Bonchev–Trinajstić information content (AvgIpc) is 2.10. The van der Waals surface area contributed by atoms with Crippen molar-refractivity contribution in [2.45, 2.75) is 25.3 Å². The smallest absolute Gasteiger partial charge is 0.321 e. The molecule has 0 aromatic carbocycles. The summed E-state index contributed by atoms with van der Waals surface area (Å²) in [4.78, 5) is 10.3. The van der Waals surface area contributed by atoms with Gasteiger partial charge in [-0.2, -0.15) is 11.8 Å². The Morgan fingerprint density at radius 2 is 2.08 bits per heavy atom. The van der Waals surface area contributed by atoms with Crippen molar-refractivity contribution in [3.05, 3.63) is 0 Å². The van der Waals surface area contributed by atoms with Crippen LogP contribution in [0.25, 0.3) is 0 Å². The minimum atomic E-state index is -0.942. The molecule has 0 spiro atoms. The van der Waals surface area contributed by atoms with Gasteiger partial charge in [-0.1, -0.05) is 6.42 Å². The van der Waals surface area contributed by atoms with E-state index in [4.69, 9.17) is 15.9 Å². The van der Waals surface area contributed by atoms with Crippen molar-refractivity contribution in [1.82, 2.24) is 0 Å². The number of carbonyl (C=O) groups is 1. The van der Waals surface area contributed by atoms with Gasteiger partial charge in [0.05, 0.1) is 0 Å². The third kappa shape index (κ3) is 8.08. The predicted molar refractivity (Wildman–Crippen MR) is 53.9 cm³/mol. The molecule has 0 amide bonds. The molecule has 0 aromatic rings. The number of rotatable bonds is 8. The first-order chi connectivity index (χ1) is 6.18. The topological polar surface area (TPSA) is 83.5 Å². The van der Waals surface area contributed by atoms with Gasteiger partial charge in [-0.25, -0.2) is 0 Å². The quantitative estimate of drug-likeness (QED) is 0.498. The summed E-state index contributed by atoms with van der Waals surface area (Å²) in [7, 11) is 0. The molecule has 1 atom stereocenters. The zero-order valence-electron chi connectivity index (χ0n) is 7.61. The van der Waals surface area contributed by atoms with Crippen LogP contribution in [0.1, 0.15) is 19.3 Å². The van der Waals surface area contributed by atoms with Crippen molar-refractivity contribution < 1.29 is 15.0 Å². The second kappa shape index (κ2) is 8.34. The van der Waals surface area contributed by atoms with Crippen LogP contribution in [0.4, 0.5) is 0 Å². The van der Waals surface area contributed by atoms with Crippen molar-refractivity contribution in [1.29, 1.82) is 0 Å². The Labute approximate surface area is 82.5 Å². The van der Waals surface area contributed by atoms with Crippen molar-refractivity contribution in [3.8, 4) is 0 Å². The van der Waals surface area contributed by atoms with Gasteiger partial charge in [0, 0.05) is 12.4 Å². The number of hydrogen-bond acceptors (Lipinski definition) is 4. The van der Waals surface area contributed by atoms with Crippen LogP contribution in [0.2, 0.25) is 0 Å². The SMILES string of the molecule is N[C@H](CSCCCCCO)C(=O)O. The fourth-order valence-corrected chi connectivity index (χ4v) is 1.75. The van der Waals surface area contributed by atoms with Crippen molar-refractivity contribution in [2.24, 2.45) is 5.73 Å². The maximum atomic E-state index is 10.3. The number of unbranched alkanes of at least 4 members (excludes halogenated alkanes) is 2. The fraction of sp³-hybridized carbons (Fsp3) is 0.875. The molecule has 0 aliphatic rings. The number of hydrogen-bond donors (Lipinski definition) is 3. The number of thioether (sulfide) groups is 1. The summed E-state index contributed by atoms with van der Waals surface area (Å²) in [6.07, 6.45) is 2.83. The lowest BCUT2D eigenvalue weighted by Gasteiger charge is -2.05. The molecule has 0 aromatic heterocycles. The van der Waals surface area contributed by atoms with Gasteiger partial charge >= 0.3 is 5.97 Å². The van der Waals surface area contributed by atoms with E-state index in [1.165, 1.54) is 0 Å². The van der Waals surface area contributed by atoms with Crippen LogP contribution >= 0.6 is 11.8 Å². The Kier molecular flexibility index (Phi) is 8.18. The lowest BCUT2D eigenvalue weighted by atomic mass is 10.3.